The Labute approximate surface area is 171 Å². The van der Waals surface area contributed by atoms with Crippen LogP contribution in [0.1, 0.15) is 62.3 Å². The fraction of sp³-hybridized carbons (Fsp3) is 0.652. The molecule has 5 rings (SSSR count). The van der Waals surface area contributed by atoms with Crippen LogP contribution in [0.2, 0.25) is 0 Å². The van der Waals surface area contributed by atoms with Gasteiger partial charge in [-0.25, -0.2) is 4.98 Å². The largest absolute Gasteiger partial charge is 0.341 e. The molecule has 0 radical (unpaired) electrons. The highest BCUT2D eigenvalue weighted by molar-refractivity contribution is 7.18. The van der Waals surface area contributed by atoms with Crippen molar-refractivity contribution in [2.75, 3.05) is 26.2 Å². The lowest BCUT2D eigenvalue weighted by Gasteiger charge is -2.44. The Morgan fingerprint density at radius 2 is 1.86 bits per heavy atom. The van der Waals surface area contributed by atoms with Gasteiger partial charge >= 0.3 is 0 Å². The number of carbonyl (C=O) groups is 1. The molecular formula is C23H31N3OS. The molecule has 2 saturated heterocycles. The number of carbonyl (C=O) groups excluding carboxylic acids is 1. The van der Waals surface area contributed by atoms with Gasteiger partial charge in [-0.2, -0.15) is 0 Å². The highest BCUT2D eigenvalue weighted by Gasteiger charge is 2.35. The Morgan fingerprint density at radius 3 is 2.79 bits per heavy atom. The number of rotatable bonds is 3. The van der Waals surface area contributed by atoms with Crippen molar-refractivity contribution < 1.29 is 4.79 Å². The van der Waals surface area contributed by atoms with Gasteiger partial charge in [-0.15, -0.1) is 11.3 Å². The number of hydrogen-bond donors (Lipinski definition) is 0. The smallest absolute Gasteiger partial charge is 0.236 e. The maximum absolute atomic E-state index is 13.2. The van der Waals surface area contributed by atoms with Crippen LogP contribution in [0, 0.1) is 5.92 Å². The normalized spacial score (nSPS) is 29.0. The molecule has 0 bridgehead atoms. The first-order valence-electron chi connectivity index (χ1n) is 11.2. The Bertz CT molecular complexity index is 799. The van der Waals surface area contributed by atoms with E-state index in [1.54, 1.807) is 0 Å². The molecule has 3 aliphatic rings. The lowest BCUT2D eigenvalue weighted by Crippen LogP contribution is -2.52. The number of fused-ring (bicyclic) bond motifs is 2. The quantitative estimate of drug-likeness (QED) is 0.756. The van der Waals surface area contributed by atoms with E-state index in [0.717, 1.165) is 43.9 Å². The maximum Gasteiger partial charge on any atom is 0.236 e. The lowest BCUT2D eigenvalue weighted by molar-refractivity contribution is -0.135. The average molecular weight is 398 g/mol. The summed E-state index contributed by atoms with van der Waals surface area (Å²) in [7, 11) is 0. The van der Waals surface area contributed by atoms with E-state index >= 15 is 0 Å². The van der Waals surface area contributed by atoms with E-state index in [1.807, 2.05) is 11.3 Å². The van der Waals surface area contributed by atoms with Crippen molar-refractivity contribution in [3.05, 3.63) is 29.3 Å². The predicted molar refractivity (Wildman–Crippen MR) is 115 cm³/mol. The van der Waals surface area contributed by atoms with E-state index in [-0.39, 0.29) is 0 Å². The summed E-state index contributed by atoms with van der Waals surface area (Å²) in [6.45, 7) is 3.51. The van der Waals surface area contributed by atoms with E-state index < -0.39 is 0 Å². The van der Waals surface area contributed by atoms with Crippen molar-refractivity contribution in [3.63, 3.8) is 0 Å². The fourth-order valence-electron chi connectivity index (χ4n) is 5.67. The zero-order valence-corrected chi connectivity index (χ0v) is 17.5. The highest BCUT2D eigenvalue weighted by atomic mass is 32.1. The predicted octanol–water partition coefficient (Wildman–Crippen LogP) is 4.66. The van der Waals surface area contributed by atoms with Gasteiger partial charge in [0.1, 0.15) is 0 Å². The molecule has 2 aliphatic heterocycles. The molecule has 3 heterocycles. The van der Waals surface area contributed by atoms with Gasteiger partial charge in [-0.1, -0.05) is 25.0 Å². The number of piperidine rings is 2. The third-order valence-electron chi connectivity index (χ3n) is 7.13. The van der Waals surface area contributed by atoms with Crippen LogP contribution in [0.5, 0.6) is 0 Å². The molecule has 4 nitrogen and oxygen atoms in total. The van der Waals surface area contributed by atoms with Crippen molar-refractivity contribution in [2.45, 2.75) is 63.3 Å². The molecule has 3 fully saturated rings. The zero-order chi connectivity index (χ0) is 18.9. The summed E-state index contributed by atoms with van der Waals surface area (Å²) < 4.78 is 1.26. The second-order valence-electron chi connectivity index (χ2n) is 8.92. The molecule has 2 aromatic rings. The van der Waals surface area contributed by atoms with E-state index in [9.17, 15) is 4.79 Å². The molecule has 1 aromatic heterocycles. The summed E-state index contributed by atoms with van der Waals surface area (Å²) in [5.41, 5.74) is 1.10. The monoisotopic (exact) mass is 397 g/mol. The van der Waals surface area contributed by atoms with Crippen molar-refractivity contribution in [2.24, 2.45) is 5.92 Å². The molecule has 1 aromatic carbocycles. The Morgan fingerprint density at radius 1 is 1.04 bits per heavy atom. The number of hydrogen-bond acceptors (Lipinski definition) is 4. The van der Waals surface area contributed by atoms with E-state index in [0.29, 0.717) is 24.4 Å². The van der Waals surface area contributed by atoms with Gasteiger partial charge in [0.2, 0.25) is 5.91 Å². The first kappa shape index (κ1) is 18.6. The third-order valence-corrected chi connectivity index (χ3v) is 8.33. The molecule has 28 heavy (non-hydrogen) atoms. The van der Waals surface area contributed by atoms with Gasteiger partial charge in [0.25, 0.3) is 0 Å². The first-order chi connectivity index (χ1) is 13.8. The summed E-state index contributed by atoms with van der Waals surface area (Å²) in [5, 5.41) is 1.21. The lowest BCUT2D eigenvalue weighted by atomic mass is 9.78. The van der Waals surface area contributed by atoms with Crippen molar-refractivity contribution in [3.8, 4) is 0 Å². The van der Waals surface area contributed by atoms with Crippen LogP contribution in [0.4, 0.5) is 0 Å². The molecule has 5 heteroatoms. The van der Waals surface area contributed by atoms with Crippen LogP contribution in [0.15, 0.2) is 24.3 Å². The van der Waals surface area contributed by atoms with Gasteiger partial charge in [0, 0.05) is 25.0 Å². The summed E-state index contributed by atoms with van der Waals surface area (Å²) in [6, 6.07) is 9.05. The van der Waals surface area contributed by atoms with E-state index in [4.69, 9.17) is 4.98 Å². The SMILES string of the molecule is O=C(CN1CCCC2CCCCC21)N1CCCC(c2nc3ccccc3s2)C1. The number of nitrogens with zero attached hydrogens (tertiary/aromatic N) is 3. The van der Waals surface area contributed by atoms with E-state index in [2.05, 4.69) is 34.1 Å². The molecule has 1 aliphatic carbocycles. The van der Waals surface area contributed by atoms with Crippen LogP contribution in [-0.4, -0.2) is 52.9 Å². The van der Waals surface area contributed by atoms with Gasteiger partial charge in [0.05, 0.1) is 21.8 Å². The molecular weight excluding hydrogens is 366 g/mol. The summed E-state index contributed by atoms with van der Waals surface area (Å²) in [4.78, 5) is 22.7. The number of aromatic nitrogens is 1. The second kappa shape index (κ2) is 8.11. The second-order valence-corrected chi connectivity index (χ2v) is 9.99. The molecule has 0 spiro atoms. The molecule has 3 atom stereocenters. The first-order valence-corrected chi connectivity index (χ1v) is 12.0. The average Bonchev–Trinajstić information content (AvgIpc) is 3.18. The summed E-state index contributed by atoms with van der Waals surface area (Å²) in [6.07, 6.45) is 10.3. The number of amides is 1. The highest BCUT2D eigenvalue weighted by Crippen LogP contribution is 2.36. The zero-order valence-electron chi connectivity index (χ0n) is 16.7. The standard InChI is InChI=1S/C23H31N3OS/c27-22(16-25-13-5-8-17-7-1-3-11-20(17)25)26-14-6-9-18(15-26)23-24-19-10-2-4-12-21(19)28-23/h2,4,10,12,17-18,20H,1,3,5-9,11,13-16H2. The summed E-state index contributed by atoms with van der Waals surface area (Å²) >= 11 is 1.81. The van der Waals surface area contributed by atoms with Crippen molar-refractivity contribution >= 4 is 27.5 Å². The van der Waals surface area contributed by atoms with Gasteiger partial charge < -0.3 is 4.90 Å². The number of likely N-dealkylation sites (tertiary alicyclic amines) is 2. The molecule has 150 valence electrons. The number of benzene rings is 1. The summed E-state index contributed by atoms with van der Waals surface area (Å²) in [5.74, 6) is 1.59. The van der Waals surface area contributed by atoms with Gasteiger partial charge in [-0.3, -0.25) is 9.69 Å². The number of para-hydroxylation sites is 1. The van der Waals surface area contributed by atoms with Crippen LogP contribution >= 0.6 is 11.3 Å². The Kier molecular flexibility index (Phi) is 5.38. The Hall–Kier alpha value is -1.46. The Balaban J connectivity index is 1.25. The number of thiazole rings is 1. The van der Waals surface area contributed by atoms with Crippen LogP contribution < -0.4 is 0 Å². The topological polar surface area (TPSA) is 36.4 Å². The van der Waals surface area contributed by atoms with Crippen LogP contribution in [0.3, 0.4) is 0 Å². The van der Waals surface area contributed by atoms with Gasteiger partial charge in [0.15, 0.2) is 0 Å². The minimum absolute atomic E-state index is 0.344. The molecule has 1 saturated carbocycles. The fourth-order valence-corrected chi connectivity index (χ4v) is 6.76. The van der Waals surface area contributed by atoms with E-state index in [1.165, 1.54) is 48.2 Å². The van der Waals surface area contributed by atoms with Crippen LogP contribution in [0.25, 0.3) is 10.2 Å². The molecule has 3 unspecified atom stereocenters. The third kappa shape index (κ3) is 3.71. The van der Waals surface area contributed by atoms with Gasteiger partial charge in [-0.05, 0) is 63.1 Å². The van der Waals surface area contributed by atoms with Crippen molar-refractivity contribution in [1.29, 1.82) is 0 Å². The van der Waals surface area contributed by atoms with Crippen LogP contribution in [-0.2, 0) is 4.79 Å². The maximum atomic E-state index is 13.2. The minimum atomic E-state index is 0.344. The molecule has 1 amide bonds. The molecule has 0 N–H and O–H groups in total. The minimum Gasteiger partial charge on any atom is -0.341 e. The van der Waals surface area contributed by atoms with Crippen molar-refractivity contribution in [1.82, 2.24) is 14.8 Å².